The van der Waals surface area contributed by atoms with Gasteiger partial charge in [-0.05, 0) is 6.42 Å². The van der Waals surface area contributed by atoms with Gasteiger partial charge in [0.25, 0.3) is 5.91 Å². The second-order valence-electron chi connectivity index (χ2n) is 4.96. The van der Waals surface area contributed by atoms with Gasteiger partial charge in [0.1, 0.15) is 0 Å². The molecule has 0 aromatic carbocycles. The van der Waals surface area contributed by atoms with Crippen molar-refractivity contribution < 1.29 is 13.9 Å². The molecule has 0 saturated carbocycles. The predicted octanol–water partition coefficient (Wildman–Crippen LogP) is 0.796. The number of rotatable bonds is 3. The molecule has 3 rings (SSSR count). The Hall–Kier alpha value is -2.28. The van der Waals surface area contributed by atoms with Crippen molar-refractivity contribution in [3.05, 3.63) is 42.6 Å². The van der Waals surface area contributed by atoms with Crippen LogP contribution in [-0.2, 0) is 11.2 Å². The molecule has 0 spiro atoms. The Balaban J connectivity index is 1.67. The van der Waals surface area contributed by atoms with Gasteiger partial charge < -0.3 is 14.1 Å². The molecular weight excluding hydrogens is 272 g/mol. The van der Waals surface area contributed by atoms with Crippen molar-refractivity contribution in [1.82, 2.24) is 19.9 Å². The number of hydrogen-bond acceptors (Lipinski definition) is 6. The highest BCUT2D eigenvalue weighted by atomic mass is 16.5. The molecule has 1 aliphatic heterocycles. The van der Waals surface area contributed by atoms with Crippen LogP contribution in [0.5, 0.6) is 0 Å². The van der Waals surface area contributed by atoms with Crippen LogP contribution in [0.15, 0.2) is 35.6 Å². The fourth-order valence-electron chi connectivity index (χ4n) is 2.40. The van der Waals surface area contributed by atoms with Crippen LogP contribution >= 0.6 is 0 Å². The molecule has 0 bridgehead atoms. The number of carbonyl (C=O) groups excluding carboxylic acids is 1. The third-order valence-electron chi connectivity index (χ3n) is 3.38. The van der Waals surface area contributed by atoms with Crippen LogP contribution in [0.3, 0.4) is 0 Å². The zero-order chi connectivity index (χ0) is 14.5. The van der Waals surface area contributed by atoms with Crippen molar-refractivity contribution in [3.8, 4) is 0 Å². The summed E-state index contributed by atoms with van der Waals surface area (Å²) in [6.07, 6.45) is 8.49. The molecule has 0 N–H and O–H groups in total. The summed E-state index contributed by atoms with van der Waals surface area (Å²) in [6.45, 7) is 2.29. The first-order valence-electron chi connectivity index (χ1n) is 6.83. The van der Waals surface area contributed by atoms with Crippen molar-refractivity contribution >= 4 is 5.91 Å². The van der Waals surface area contributed by atoms with E-state index in [0.717, 1.165) is 12.1 Å². The summed E-state index contributed by atoms with van der Waals surface area (Å²) < 4.78 is 10.7. The van der Waals surface area contributed by atoms with Crippen molar-refractivity contribution in [2.24, 2.45) is 5.92 Å². The zero-order valence-electron chi connectivity index (χ0n) is 11.5. The van der Waals surface area contributed by atoms with Crippen molar-refractivity contribution in [3.63, 3.8) is 0 Å². The Bertz CT molecular complexity index is 573. The van der Waals surface area contributed by atoms with Crippen LogP contribution in [0.4, 0.5) is 0 Å². The lowest BCUT2D eigenvalue weighted by atomic mass is 10.0. The second-order valence-corrected chi connectivity index (χ2v) is 4.96. The van der Waals surface area contributed by atoms with Crippen molar-refractivity contribution in [2.45, 2.75) is 6.42 Å². The highest BCUT2D eigenvalue weighted by molar-refractivity contribution is 5.91. The summed E-state index contributed by atoms with van der Waals surface area (Å²) in [7, 11) is 0. The van der Waals surface area contributed by atoms with Crippen molar-refractivity contribution in [2.75, 3.05) is 26.3 Å². The Morgan fingerprint density at radius 2 is 2.29 bits per heavy atom. The highest BCUT2D eigenvalue weighted by Crippen LogP contribution is 2.14. The van der Waals surface area contributed by atoms with Gasteiger partial charge in [-0.1, -0.05) is 0 Å². The van der Waals surface area contributed by atoms with E-state index in [2.05, 4.69) is 15.0 Å². The van der Waals surface area contributed by atoms with Gasteiger partial charge in [0.05, 0.1) is 25.1 Å². The van der Waals surface area contributed by atoms with Crippen LogP contribution in [0.1, 0.15) is 16.2 Å². The van der Waals surface area contributed by atoms with Gasteiger partial charge in [-0.15, -0.1) is 0 Å². The average molecular weight is 288 g/mol. The van der Waals surface area contributed by atoms with E-state index in [0.29, 0.717) is 26.3 Å². The Morgan fingerprint density at radius 3 is 3.05 bits per heavy atom. The number of hydrogen-bond donors (Lipinski definition) is 0. The quantitative estimate of drug-likeness (QED) is 0.830. The molecule has 1 atom stereocenters. The number of ether oxygens (including phenoxy) is 1. The van der Waals surface area contributed by atoms with Gasteiger partial charge in [0.15, 0.2) is 6.39 Å². The van der Waals surface area contributed by atoms with Crippen LogP contribution in [0, 0.1) is 5.92 Å². The maximum atomic E-state index is 12.3. The largest absolute Gasteiger partial charge is 0.438 e. The first-order chi connectivity index (χ1) is 10.3. The summed E-state index contributed by atoms with van der Waals surface area (Å²) >= 11 is 0. The lowest BCUT2D eigenvalue weighted by Gasteiger charge is -2.22. The van der Waals surface area contributed by atoms with Gasteiger partial charge in [-0.3, -0.25) is 14.8 Å². The van der Waals surface area contributed by atoms with E-state index < -0.39 is 0 Å². The third kappa shape index (κ3) is 3.43. The normalized spacial score (nSPS) is 19.2. The molecule has 21 heavy (non-hydrogen) atoms. The summed E-state index contributed by atoms with van der Waals surface area (Å²) in [4.78, 5) is 26.2. The van der Waals surface area contributed by atoms with E-state index in [1.807, 2.05) is 0 Å². The van der Waals surface area contributed by atoms with Crippen LogP contribution in [-0.4, -0.2) is 52.1 Å². The SMILES string of the molecule is O=C(c1cnco1)N1CCOC[C@H](Cc2cnccn2)C1. The molecule has 0 radical (unpaired) electrons. The molecule has 2 aromatic heterocycles. The van der Waals surface area contributed by atoms with Crippen LogP contribution in [0.2, 0.25) is 0 Å². The number of oxazole rings is 1. The van der Waals surface area contributed by atoms with E-state index in [1.54, 1.807) is 23.5 Å². The topological polar surface area (TPSA) is 81.4 Å². The van der Waals surface area contributed by atoms with E-state index in [1.165, 1.54) is 12.6 Å². The maximum absolute atomic E-state index is 12.3. The predicted molar refractivity (Wildman–Crippen MR) is 72.5 cm³/mol. The standard InChI is InChI=1S/C14H16N4O3/c19-14(13-7-16-10-21-13)18-3-4-20-9-11(8-18)5-12-6-15-1-2-17-12/h1-2,6-7,10-11H,3-5,8-9H2/t11-/m1/s1. The van der Waals surface area contributed by atoms with Crippen LogP contribution < -0.4 is 0 Å². The Kier molecular flexibility index (Phi) is 4.20. The highest BCUT2D eigenvalue weighted by Gasteiger charge is 2.25. The number of aromatic nitrogens is 3. The van der Waals surface area contributed by atoms with Crippen molar-refractivity contribution in [1.29, 1.82) is 0 Å². The van der Waals surface area contributed by atoms with E-state index in [9.17, 15) is 4.79 Å². The molecule has 1 saturated heterocycles. The molecule has 2 aromatic rings. The molecule has 1 fully saturated rings. The van der Waals surface area contributed by atoms with Gasteiger partial charge in [0, 0.05) is 37.6 Å². The fraction of sp³-hybridized carbons (Fsp3) is 0.429. The molecule has 1 aliphatic rings. The molecule has 3 heterocycles. The van der Waals surface area contributed by atoms with Gasteiger partial charge in [-0.25, -0.2) is 4.98 Å². The summed E-state index contributed by atoms with van der Waals surface area (Å²) in [5.74, 6) is 0.299. The Labute approximate surface area is 122 Å². The van der Waals surface area contributed by atoms with Gasteiger partial charge in [0.2, 0.25) is 5.76 Å². The molecular formula is C14H16N4O3. The number of carbonyl (C=O) groups is 1. The van der Waals surface area contributed by atoms with Crippen LogP contribution in [0.25, 0.3) is 0 Å². The summed E-state index contributed by atoms with van der Waals surface area (Å²) in [5.41, 5.74) is 0.903. The second kappa shape index (κ2) is 6.45. The first kappa shape index (κ1) is 13.7. The maximum Gasteiger partial charge on any atom is 0.291 e. The monoisotopic (exact) mass is 288 g/mol. The summed E-state index contributed by atoms with van der Waals surface area (Å²) in [5, 5.41) is 0. The van der Waals surface area contributed by atoms with Gasteiger partial charge in [-0.2, -0.15) is 0 Å². The van der Waals surface area contributed by atoms with E-state index in [-0.39, 0.29) is 17.6 Å². The minimum Gasteiger partial charge on any atom is -0.438 e. The third-order valence-corrected chi connectivity index (χ3v) is 3.38. The lowest BCUT2D eigenvalue weighted by molar-refractivity contribution is 0.0705. The molecule has 7 nitrogen and oxygen atoms in total. The molecule has 0 aliphatic carbocycles. The number of amides is 1. The minimum atomic E-state index is -0.151. The lowest BCUT2D eigenvalue weighted by Crippen LogP contribution is -2.36. The number of nitrogens with zero attached hydrogens (tertiary/aromatic N) is 4. The fourth-order valence-corrected chi connectivity index (χ4v) is 2.40. The molecule has 0 unspecified atom stereocenters. The molecule has 110 valence electrons. The molecule has 1 amide bonds. The smallest absolute Gasteiger partial charge is 0.291 e. The Morgan fingerprint density at radius 1 is 1.33 bits per heavy atom. The minimum absolute atomic E-state index is 0.151. The molecule has 7 heteroatoms. The first-order valence-corrected chi connectivity index (χ1v) is 6.83. The summed E-state index contributed by atoms with van der Waals surface area (Å²) in [6, 6.07) is 0. The van der Waals surface area contributed by atoms with Gasteiger partial charge >= 0.3 is 0 Å². The van der Waals surface area contributed by atoms with E-state index >= 15 is 0 Å². The van der Waals surface area contributed by atoms with E-state index in [4.69, 9.17) is 9.15 Å². The zero-order valence-corrected chi connectivity index (χ0v) is 11.5. The average Bonchev–Trinajstić information content (AvgIpc) is 2.95.